The fourth-order valence-electron chi connectivity index (χ4n) is 0.783. The molecule has 0 unspecified atom stereocenters. The first-order valence-electron chi connectivity index (χ1n) is 3.57. The molecule has 0 aromatic carbocycles. The molecule has 0 aliphatic carbocycles. The zero-order chi connectivity index (χ0) is 13.4. The Balaban J connectivity index is 3.30. The Labute approximate surface area is 110 Å². The van der Waals surface area contributed by atoms with E-state index in [9.17, 15) is 26.0 Å². The van der Waals surface area contributed by atoms with Crippen molar-refractivity contribution < 1.29 is 30.7 Å². The normalized spacial score (nSPS) is 12.6. The van der Waals surface area contributed by atoms with Crippen LogP contribution in [0.5, 0.6) is 5.88 Å². The number of alkyl halides is 3. The summed E-state index contributed by atoms with van der Waals surface area (Å²) < 4.78 is 73.2. The summed E-state index contributed by atoms with van der Waals surface area (Å²) in [5.74, 6) is -2.53. The molecule has 4 nitrogen and oxygen atoms in total. The van der Waals surface area contributed by atoms with Gasteiger partial charge in [0.25, 0.3) is 9.05 Å². The molecular formula is C6HClF4INO3S. The molecule has 11 heteroatoms. The lowest BCUT2D eigenvalue weighted by Gasteiger charge is -2.10. The van der Waals surface area contributed by atoms with Gasteiger partial charge in [0.1, 0.15) is 8.47 Å². The van der Waals surface area contributed by atoms with Crippen LogP contribution in [0, 0.1) is 9.39 Å². The van der Waals surface area contributed by atoms with Crippen LogP contribution in [0.25, 0.3) is 0 Å². The van der Waals surface area contributed by atoms with Crippen LogP contribution in [-0.4, -0.2) is 19.8 Å². The van der Waals surface area contributed by atoms with E-state index in [1.807, 2.05) is 0 Å². The van der Waals surface area contributed by atoms with Gasteiger partial charge in [0.05, 0.1) is 6.20 Å². The largest absolute Gasteiger partial charge is 0.574 e. The van der Waals surface area contributed by atoms with Crippen LogP contribution in [0.4, 0.5) is 17.6 Å². The quantitative estimate of drug-likeness (QED) is 0.431. The molecule has 1 rings (SSSR count). The summed E-state index contributed by atoms with van der Waals surface area (Å²) in [6.07, 6.45) is -4.71. The summed E-state index contributed by atoms with van der Waals surface area (Å²) >= 11 is 1.12. The molecule has 0 radical (unpaired) electrons. The van der Waals surface area contributed by atoms with Crippen molar-refractivity contribution in [2.45, 2.75) is 11.3 Å². The Morgan fingerprint density at radius 1 is 1.41 bits per heavy atom. The van der Waals surface area contributed by atoms with Crippen molar-refractivity contribution in [3.63, 3.8) is 0 Å². The van der Waals surface area contributed by atoms with Crippen molar-refractivity contribution in [2.75, 3.05) is 0 Å². The number of nitrogens with zero attached hydrogens (tertiary/aromatic N) is 1. The number of halogens is 6. The number of hydrogen-bond donors (Lipinski definition) is 0. The second-order valence-electron chi connectivity index (χ2n) is 2.54. The second-order valence-corrected chi connectivity index (χ2v) is 6.15. The number of rotatable bonds is 2. The summed E-state index contributed by atoms with van der Waals surface area (Å²) in [5.41, 5.74) is 0. The van der Waals surface area contributed by atoms with Gasteiger partial charge in [0.2, 0.25) is 5.88 Å². The van der Waals surface area contributed by atoms with E-state index in [4.69, 9.17) is 10.7 Å². The molecule has 17 heavy (non-hydrogen) atoms. The molecule has 1 heterocycles. The van der Waals surface area contributed by atoms with Crippen LogP contribution in [0.2, 0.25) is 0 Å². The highest BCUT2D eigenvalue weighted by atomic mass is 127. The lowest BCUT2D eigenvalue weighted by atomic mass is 10.4. The highest BCUT2D eigenvalue weighted by molar-refractivity contribution is 14.1. The van der Waals surface area contributed by atoms with Crippen molar-refractivity contribution in [3.8, 4) is 5.88 Å². The van der Waals surface area contributed by atoms with Gasteiger partial charge in [-0.15, -0.1) is 13.2 Å². The molecule has 0 spiro atoms. The van der Waals surface area contributed by atoms with Crippen LogP contribution in [0.3, 0.4) is 0 Å². The third-order valence-electron chi connectivity index (χ3n) is 1.37. The topological polar surface area (TPSA) is 56.3 Å². The van der Waals surface area contributed by atoms with E-state index >= 15 is 0 Å². The highest BCUT2D eigenvalue weighted by Gasteiger charge is 2.34. The average Bonchev–Trinajstić information content (AvgIpc) is 2.08. The molecule has 0 aliphatic rings. The Bertz CT molecular complexity index is 547. The SMILES string of the molecule is O=S(=O)(Cl)c1cnc(OC(F)(F)F)c(I)c1F. The molecule has 0 aliphatic heterocycles. The molecule has 0 N–H and O–H groups in total. The first-order chi connectivity index (χ1) is 7.52. The molecular weight excluding hydrogens is 404 g/mol. The Hall–Kier alpha value is -0.360. The van der Waals surface area contributed by atoms with Gasteiger partial charge in [-0.05, 0) is 22.6 Å². The number of ether oxygens (including phenoxy) is 1. The van der Waals surface area contributed by atoms with Crippen molar-refractivity contribution in [2.24, 2.45) is 0 Å². The number of aromatic nitrogens is 1. The Morgan fingerprint density at radius 3 is 2.35 bits per heavy atom. The summed E-state index contributed by atoms with van der Waals surface area (Å²) in [6, 6.07) is 0. The first-order valence-corrected chi connectivity index (χ1v) is 6.95. The molecule has 0 fully saturated rings. The zero-order valence-electron chi connectivity index (χ0n) is 7.43. The van der Waals surface area contributed by atoms with E-state index in [1.54, 1.807) is 0 Å². The lowest BCUT2D eigenvalue weighted by Crippen LogP contribution is -2.19. The Kier molecular flexibility index (Phi) is 4.08. The molecule has 0 saturated carbocycles. The number of hydrogen-bond acceptors (Lipinski definition) is 4. The van der Waals surface area contributed by atoms with Crippen molar-refractivity contribution >= 4 is 42.3 Å². The maximum absolute atomic E-state index is 13.4. The van der Waals surface area contributed by atoms with Crippen molar-refractivity contribution in [3.05, 3.63) is 15.6 Å². The van der Waals surface area contributed by atoms with E-state index in [2.05, 4.69) is 9.72 Å². The molecule has 0 saturated heterocycles. The third kappa shape index (κ3) is 3.81. The summed E-state index contributed by atoms with van der Waals surface area (Å²) in [6.45, 7) is 0. The van der Waals surface area contributed by atoms with E-state index in [0.29, 0.717) is 6.20 Å². The van der Waals surface area contributed by atoms with Crippen LogP contribution in [-0.2, 0) is 9.05 Å². The minimum atomic E-state index is -5.05. The summed E-state index contributed by atoms with van der Waals surface area (Å²) in [4.78, 5) is 2.02. The summed E-state index contributed by atoms with van der Waals surface area (Å²) in [5, 5.41) is 0. The predicted octanol–water partition coefficient (Wildman–Crippen LogP) is 2.65. The fraction of sp³-hybridized carbons (Fsp3) is 0.167. The van der Waals surface area contributed by atoms with Crippen LogP contribution in [0.1, 0.15) is 0 Å². The first kappa shape index (κ1) is 14.7. The zero-order valence-corrected chi connectivity index (χ0v) is 11.2. The maximum atomic E-state index is 13.4. The average molecular weight is 405 g/mol. The van der Waals surface area contributed by atoms with Crippen molar-refractivity contribution in [1.82, 2.24) is 4.98 Å². The van der Waals surface area contributed by atoms with Gasteiger partial charge in [-0.3, -0.25) is 0 Å². The van der Waals surface area contributed by atoms with Crippen LogP contribution < -0.4 is 4.74 Å². The van der Waals surface area contributed by atoms with Crippen LogP contribution in [0.15, 0.2) is 11.1 Å². The monoisotopic (exact) mass is 405 g/mol. The fourth-order valence-corrected chi connectivity index (χ4v) is 2.32. The molecule has 1 aromatic heterocycles. The minimum Gasteiger partial charge on any atom is -0.387 e. The summed E-state index contributed by atoms with van der Waals surface area (Å²) in [7, 11) is 0.424. The van der Waals surface area contributed by atoms with Gasteiger partial charge >= 0.3 is 6.36 Å². The maximum Gasteiger partial charge on any atom is 0.574 e. The molecule has 96 valence electrons. The molecule has 1 aromatic rings. The standard InChI is InChI=1S/C6HClF4INO3S/c7-17(14,15)2-1-13-5(4(12)3(2)8)16-6(9,10)11/h1H. The van der Waals surface area contributed by atoms with Gasteiger partial charge in [-0.2, -0.15) is 0 Å². The third-order valence-corrected chi connectivity index (χ3v) is 3.61. The van der Waals surface area contributed by atoms with Gasteiger partial charge < -0.3 is 4.74 Å². The van der Waals surface area contributed by atoms with Crippen LogP contribution >= 0.6 is 33.3 Å². The van der Waals surface area contributed by atoms with Gasteiger partial charge in [-0.25, -0.2) is 17.8 Å². The van der Waals surface area contributed by atoms with Gasteiger partial charge in [0.15, 0.2) is 5.82 Å². The molecule has 0 atom stereocenters. The van der Waals surface area contributed by atoms with Gasteiger partial charge in [0, 0.05) is 10.7 Å². The Morgan fingerprint density at radius 2 is 1.94 bits per heavy atom. The predicted molar refractivity (Wildman–Crippen MR) is 56.6 cm³/mol. The number of pyridine rings is 1. The van der Waals surface area contributed by atoms with E-state index in [1.165, 1.54) is 0 Å². The molecule has 0 bridgehead atoms. The lowest BCUT2D eigenvalue weighted by molar-refractivity contribution is -0.276. The second kappa shape index (κ2) is 4.72. The van der Waals surface area contributed by atoms with E-state index in [0.717, 1.165) is 22.6 Å². The minimum absolute atomic E-state index is 0.348. The molecule has 0 amide bonds. The smallest absolute Gasteiger partial charge is 0.387 e. The highest BCUT2D eigenvalue weighted by Crippen LogP contribution is 2.30. The van der Waals surface area contributed by atoms with E-state index < -0.39 is 35.6 Å². The van der Waals surface area contributed by atoms with Gasteiger partial charge in [-0.1, -0.05) is 0 Å². The van der Waals surface area contributed by atoms with Crippen molar-refractivity contribution in [1.29, 1.82) is 0 Å². The van der Waals surface area contributed by atoms with E-state index in [-0.39, 0.29) is 0 Å².